The van der Waals surface area contributed by atoms with Gasteiger partial charge in [0.05, 0.1) is 16.4 Å². The van der Waals surface area contributed by atoms with Crippen molar-refractivity contribution in [1.82, 2.24) is 0 Å². The number of benzene rings is 1. The first-order valence-corrected chi connectivity index (χ1v) is 4.78. The Morgan fingerprint density at radius 2 is 2.15 bits per heavy atom. The van der Waals surface area contributed by atoms with E-state index >= 15 is 0 Å². The zero-order valence-electron chi connectivity index (χ0n) is 7.43. The number of halogens is 1. The maximum Gasteiger partial charge on any atom is 0.161 e. The van der Waals surface area contributed by atoms with E-state index in [1.165, 1.54) is 14.0 Å². The Balaban J connectivity index is 3.35. The number of methoxy groups -OCH3 is 1. The van der Waals surface area contributed by atoms with Crippen LogP contribution in [-0.4, -0.2) is 12.9 Å². The molecule has 0 heterocycles. The number of hydrogen-bond acceptors (Lipinski definition) is 3. The van der Waals surface area contributed by atoms with Crippen molar-refractivity contribution < 1.29 is 9.53 Å². The van der Waals surface area contributed by atoms with Gasteiger partial charge in [-0.15, -0.1) is 0 Å². The van der Waals surface area contributed by atoms with E-state index in [9.17, 15) is 4.79 Å². The summed E-state index contributed by atoms with van der Waals surface area (Å²) in [6.07, 6.45) is 0. The van der Waals surface area contributed by atoms with Crippen LogP contribution in [0.1, 0.15) is 17.3 Å². The molecular formula is C9H10INO2. The number of hydrogen-bond donors (Lipinski definition) is 1. The summed E-state index contributed by atoms with van der Waals surface area (Å²) in [5.74, 6) is 0.594. The molecule has 0 bridgehead atoms. The zero-order valence-corrected chi connectivity index (χ0v) is 9.58. The molecule has 1 aromatic carbocycles. The number of ether oxygens (including phenoxy) is 1. The van der Waals surface area contributed by atoms with Crippen molar-refractivity contribution in [2.75, 3.05) is 12.8 Å². The normalized spacial score (nSPS) is 9.77. The van der Waals surface area contributed by atoms with Crippen molar-refractivity contribution in [3.63, 3.8) is 0 Å². The van der Waals surface area contributed by atoms with Crippen molar-refractivity contribution in [2.45, 2.75) is 6.92 Å². The third-order valence-corrected chi connectivity index (χ3v) is 2.78. The van der Waals surface area contributed by atoms with Crippen molar-refractivity contribution in [2.24, 2.45) is 0 Å². The van der Waals surface area contributed by atoms with Crippen LogP contribution >= 0.6 is 22.6 Å². The second kappa shape index (κ2) is 3.95. The van der Waals surface area contributed by atoms with Crippen molar-refractivity contribution in [1.29, 1.82) is 0 Å². The average Bonchev–Trinajstić information content (AvgIpc) is 2.04. The fourth-order valence-electron chi connectivity index (χ4n) is 1.05. The van der Waals surface area contributed by atoms with Gasteiger partial charge in [0.25, 0.3) is 0 Å². The monoisotopic (exact) mass is 291 g/mol. The van der Waals surface area contributed by atoms with Gasteiger partial charge in [-0.3, -0.25) is 4.79 Å². The highest BCUT2D eigenvalue weighted by molar-refractivity contribution is 14.1. The molecule has 0 spiro atoms. The van der Waals surface area contributed by atoms with Gasteiger partial charge in [0, 0.05) is 5.56 Å². The third kappa shape index (κ3) is 1.93. The summed E-state index contributed by atoms with van der Waals surface area (Å²) in [6.45, 7) is 1.52. The summed E-state index contributed by atoms with van der Waals surface area (Å²) in [4.78, 5) is 11.1. The minimum absolute atomic E-state index is 0.0164. The molecule has 3 nitrogen and oxygen atoms in total. The summed E-state index contributed by atoms with van der Waals surface area (Å²) >= 11 is 2.06. The molecule has 0 aliphatic carbocycles. The van der Waals surface area contributed by atoms with Gasteiger partial charge in [0.1, 0.15) is 0 Å². The second-order valence-electron chi connectivity index (χ2n) is 2.61. The summed E-state index contributed by atoms with van der Waals surface area (Å²) in [5, 5.41) is 0. The molecule has 2 N–H and O–H groups in total. The number of nitrogen functional groups attached to an aromatic ring is 1. The predicted octanol–water partition coefficient (Wildman–Crippen LogP) is 2.08. The first-order chi connectivity index (χ1) is 6.07. The quantitative estimate of drug-likeness (QED) is 0.515. The first-order valence-electron chi connectivity index (χ1n) is 3.70. The molecule has 1 aromatic rings. The highest BCUT2D eigenvalue weighted by atomic mass is 127. The molecule has 70 valence electrons. The van der Waals surface area contributed by atoms with E-state index in [0.29, 0.717) is 17.0 Å². The van der Waals surface area contributed by atoms with Gasteiger partial charge >= 0.3 is 0 Å². The van der Waals surface area contributed by atoms with Gasteiger partial charge in [-0.1, -0.05) is 0 Å². The summed E-state index contributed by atoms with van der Waals surface area (Å²) in [6, 6.07) is 3.39. The van der Waals surface area contributed by atoms with E-state index in [0.717, 1.165) is 3.57 Å². The Morgan fingerprint density at radius 1 is 1.54 bits per heavy atom. The van der Waals surface area contributed by atoms with Crippen LogP contribution in [0.4, 0.5) is 5.69 Å². The fourth-order valence-corrected chi connectivity index (χ4v) is 2.14. The second-order valence-corrected chi connectivity index (χ2v) is 3.68. The van der Waals surface area contributed by atoms with E-state index in [1.54, 1.807) is 12.1 Å². The molecule has 1 rings (SSSR count). The van der Waals surface area contributed by atoms with Gasteiger partial charge in [-0.2, -0.15) is 0 Å². The van der Waals surface area contributed by atoms with Gasteiger partial charge < -0.3 is 10.5 Å². The van der Waals surface area contributed by atoms with Crippen LogP contribution < -0.4 is 10.5 Å². The molecule has 0 aliphatic heterocycles. The van der Waals surface area contributed by atoms with Gasteiger partial charge in [0.2, 0.25) is 0 Å². The van der Waals surface area contributed by atoms with Gasteiger partial charge in [-0.25, -0.2) is 0 Å². The number of nitrogens with two attached hydrogens (primary N) is 1. The topological polar surface area (TPSA) is 52.3 Å². The number of anilines is 1. The summed E-state index contributed by atoms with van der Waals surface area (Å²) in [5.41, 5.74) is 6.86. The van der Waals surface area contributed by atoms with Crippen LogP contribution in [0, 0.1) is 3.57 Å². The maximum atomic E-state index is 11.1. The lowest BCUT2D eigenvalue weighted by atomic mass is 10.1. The lowest BCUT2D eigenvalue weighted by molar-refractivity contribution is 0.101. The zero-order chi connectivity index (χ0) is 10.0. The van der Waals surface area contributed by atoms with E-state index in [1.807, 2.05) is 0 Å². The largest absolute Gasteiger partial charge is 0.493 e. The van der Waals surface area contributed by atoms with Crippen LogP contribution in [0.5, 0.6) is 5.75 Å². The van der Waals surface area contributed by atoms with E-state index in [4.69, 9.17) is 10.5 Å². The molecule has 13 heavy (non-hydrogen) atoms. The Kier molecular flexibility index (Phi) is 3.13. The number of carbonyl (C=O) groups is 1. The summed E-state index contributed by atoms with van der Waals surface area (Å²) < 4.78 is 5.85. The lowest BCUT2D eigenvalue weighted by Crippen LogP contribution is -2.01. The minimum Gasteiger partial charge on any atom is -0.493 e. The SMILES string of the molecule is COc1c(N)ccc(C(C)=O)c1I. The fraction of sp³-hybridized carbons (Fsp3) is 0.222. The minimum atomic E-state index is 0.0164. The molecule has 0 fully saturated rings. The molecule has 0 saturated carbocycles. The number of carbonyl (C=O) groups excluding carboxylic acids is 1. The number of ketones is 1. The van der Waals surface area contributed by atoms with Crippen LogP contribution in [-0.2, 0) is 0 Å². The molecule has 0 radical (unpaired) electrons. The van der Waals surface area contributed by atoms with Crippen LogP contribution in [0.25, 0.3) is 0 Å². The predicted molar refractivity (Wildman–Crippen MR) is 60.1 cm³/mol. The van der Waals surface area contributed by atoms with Crippen LogP contribution in [0.2, 0.25) is 0 Å². The maximum absolute atomic E-state index is 11.1. The molecule has 0 amide bonds. The van der Waals surface area contributed by atoms with Crippen molar-refractivity contribution in [3.8, 4) is 5.75 Å². The van der Waals surface area contributed by atoms with Crippen molar-refractivity contribution >= 4 is 34.1 Å². The van der Waals surface area contributed by atoms with Gasteiger partial charge in [-0.05, 0) is 41.6 Å². The molecule has 4 heteroatoms. The van der Waals surface area contributed by atoms with Crippen molar-refractivity contribution in [3.05, 3.63) is 21.3 Å². The molecule has 0 unspecified atom stereocenters. The Bertz CT molecular complexity index is 350. The Hall–Kier alpha value is -0.780. The molecular weight excluding hydrogens is 281 g/mol. The standard InChI is InChI=1S/C9H10INO2/c1-5(12)6-3-4-7(11)9(13-2)8(6)10/h3-4H,11H2,1-2H3. The molecule has 0 aromatic heterocycles. The third-order valence-electron chi connectivity index (χ3n) is 1.71. The summed E-state index contributed by atoms with van der Waals surface area (Å²) in [7, 11) is 1.54. The first kappa shape index (κ1) is 10.3. The number of Topliss-reactive ketones (excluding diaryl/α,β-unsaturated/α-hetero) is 1. The lowest BCUT2D eigenvalue weighted by Gasteiger charge is -2.09. The van der Waals surface area contributed by atoms with Crippen LogP contribution in [0.3, 0.4) is 0 Å². The smallest absolute Gasteiger partial charge is 0.161 e. The van der Waals surface area contributed by atoms with Gasteiger partial charge in [0.15, 0.2) is 11.5 Å². The Labute approximate surface area is 90.4 Å². The van der Waals surface area contributed by atoms with E-state index < -0.39 is 0 Å². The molecule has 0 aliphatic rings. The molecule has 0 saturated heterocycles. The average molecular weight is 291 g/mol. The number of rotatable bonds is 2. The highest BCUT2D eigenvalue weighted by Crippen LogP contribution is 2.30. The van der Waals surface area contributed by atoms with E-state index in [-0.39, 0.29) is 5.78 Å². The Morgan fingerprint density at radius 3 is 2.62 bits per heavy atom. The van der Waals surface area contributed by atoms with Crippen LogP contribution in [0.15, 0.2) is 12.1 Å². The molecule has 0 atom stereocenters. The highest BCUT2D eigenvalue weighted by Gasteiger charge is 2.12. The van der Waals surface area contributed by atoms with E-state index in [2.05, 4.69) is 22.6 Å².